The molecule has 0 aromatic heterocycles. The van der Waals surface area contributed by atoms with Gasteiger partial charge >= 0.3 is 6.03 Å². The van der Waals surface area contributed by atoms with Crippen LogP contribution in [-0.4, -0.2) is 66.7 Å². The maximum absolute atomic E-state index is 12.5. The van der Waals surface area contributed by atoms with E-state index in [-0.39, 0.29) is 35.9 Å². The lowest BCUT2D eigenvalue weighted by molar-refractivity contribution is -0.127. The highest BCUT2D eigenvalue weighted by Crippen LogP contribution is 2.37. The standard InChI is InChI=1S/C16H29N3O3/c1-16(11-20)8-4-5-13(16)17-14(21)12-6-9-19(10-7-12)15(22)18(2)3/h12-13,20H,4-11H2,1-3H3,(H,17,21)/t13-,16+/m1/s1. The van der Waals surface area contributed by atoms with Gasteiger partial charge < -0.3 is 20.2 Å². The van der Waals surface area contributed by atoms with E-state index in [2.05, 4.69) is 5.32 Å². The summed E-state index contributed by atoms with van der Waals surface area (Å²) in [5.41, 5.74) is -0.183. The van der Waals surface area contributed by atoms with Crippen molar-refractivity contribution in [3.8, 4) is 0 Å². The molecule has 2 atom stereocenters. The number of carbonyl (C=O) groups excluding carboxylic acids is 2. The van der Waals surface area contributed by atoms with Crippen LogP contribution in [0.4, 0.5) is 4.79 Å². The first kappa shape index (κ1) is 17.1. The summed E-state index contributed by atoms with van der Waals surface area (Å²) < 4.78 is 0. The van der Waals surface area contributed by atoms with E-state index >= 15 is 0 Å². The minimum atomic E-state index is -0.183. The highest BCUT2D eigenvalue weighted by Gasteiger charge is 2.40. The van der Waals surface area contributed by atoms with Crippen molar-refractivity contribution in [1.29, 1.82) is 0 Å². The minimum Gasteiger partial charge on any atom is -0.396 e. The first-order chi connectivity index (χ1) is 10.4. The number of likely N-dealkylation sites (tertiary alicyclic amines) is 1. The fraction of sp³-hybridized carbons (Fsp3) is 0.875. The molecule has 1 aliphatic heterocycles. The Morgan fingerprint density at radius 3 is 2.45 bits per heavy atom. The van der Waals surface area contributed by atoms with Crippen LogP contribution < -0.4 is 5.32 Å². The molecule has 22 heavy (non-hydrogen) atoms. The van der Waals surface area contributed by atoms with E-state index in [1.54, 1.807) is 23.9 Å². The zero-order chi connectivity index (χ0) is 16.3. The molecule has 0 unspecified atom stereocenters. The lowest BCUT2D eigenvalue weighted by Gasteiger charge is -2.35. The molecule has 0 aromatic carbocycles. The fourth-order valence-corrected chi connectivity index (χ4v) is 3.57. The molecule has 0 bridgehead atoms. The predicted molar refractivity (Wildman–Crippen MR) is 84.4 cm³/mol. The fourth-order valence-electron chi connectivity index (χ4n) is 3.57. The average molecular weight is 311 g/mol. The number of hydrogen-bond acceptors (Lipinski definition) is 3. The minimum absolute atomic E-state index is 0.0162. The molecule has 2 rings (SSSR count). The summed E-state index contributed by atoms with van der Waals surface area (Å²) in [6.07, 6.45) is 4.39. The number of aliphatic hydroxyl groups is 1. The Morgan fingerprint density at radius 1 is 1.27 bits per heavy atom. The monoisotopic (exact) mass is 311 g/mol. The Morgan fingerprint density at radius 2 is 1.91 bits per heavy atom. The van der Waals surface area contributed by atoms with Crippen LogP contribution in [0.15, 0.2) is 0 Å². The summed E-state index contributed by atoms with van der Waals surface area (Å²) in [6, 6.07) is 0.0916. The molecule has 2 fully saturated rings. The lowest BCUT2D eigenvalue weighted by Crippen LogP contribution is -2.50. The van der Waals surface area contributed by atoms with Crippen molar-refractivity contribution in [2.24, 2.45) is 11.3 Å². The first-order valence-electron chi connectivity index (χ1n) is 8.25. The molecule has 3 amide bonds. The van der Waals surface area contributed by atoms with Crippen LogP contribution in [0.1, 0.15) is 39.0 Å². The second kappa shape index (κ2) is 6.86. The molecule has 0 spiro atoms. The quantitative estimate of drug-likeness (QED) is 0.818. The van der Waals surface area contributed by atoms with Gasteiger partial charge in [0.1, 0.15) is 0 Å². The number of carbonyl (C=O) groups is 2. The van der Waals surface area contributed by atoms with Gasteiger partial charge in [-0.3, -0.25) is 4.79 Å². The van der Waals surface area contributed by atoms with E-state index in [1.807, 2.05) is 6.92 Å². The molecule has 1 saturated heterocycles. The van der Waals surface area contributed by atoms with Crippen molar-refractivity contribution >= 4 is 11.9 Å². The van der Waals surface area contributed by atoms with E-state index in [4.69, 9.17) is 0 Å². The Hall–Kier alpha value is -1.30. The van der Waals surface area contributed by atoms with Gasteiger partial charge in [0, 0.05) is 44.6 Å². The second-order valence-corrected chi connectivity index (χ2v) is 7.20. The van der Waals surface area contributed by atoms with E-state index < -0.39 is 0 Å². The van der Waals surface area contributed by atoms with Gasteiger partial charge in [-0.15, -0.1) is 0 Å². The molecule has 6 heteroatoms. The van der Waals surface area contributed by atoms with Crippen LogP contribution in [0.5, 0.6) is 0 Å². The summed E-state index contributed by atoms with van der Waals surface area (Å²) in [5, 5.41) is 12.7. The van der Waals surface area contributed by atoms with Crippen molar-refractivity contribution in [3.63, 3.8) is 0 Å². The maximum atomic E-state index is 12.5. The highest BCUT2D eigenvalue weighted by atomic mass is 16.3. The lowest BCUT2D eigenvalue weighted by atomic mass is 9.85. The number of nitrogens with zero attached hydrogens (tertiary/aromatic N) is 2. The van der Waals surface area contributed by atoms with Crippen LogP contribution in [0.3, 0.4) is 0 Å². The summed E-state index contributed by atoms with van der Waals surface area (Å²) in [7, 11) is 3.49. The third-order valence-electron chi connectivity index (χ3n) is 5.28. The Balaban J connectivity index is 1.84. The zero-order valence-electron chi connectivity index (χ0n) is 14.0. The normalized spacial score (nSPS) is 29.5. The largest absolute Gasteiger partial charge is 0.396 e. The molecule has 2 N–H and O–H groups in total. The molecule has 1 saturated carbocycles. The van der Waals surface area contributed by atoms with E-state index in [0.717, 1.165) is 19.3 Å². The molecule has 1 heterocycles. The SMILES string of the molecule is CN(C)C(=O)N1CCC(C(=O)N[C@@H]2CCC[C@@]2(C)CO)CC1. The number of amides is 3. The summed E-state index contributed by atoms with van der Waals surface area (Å²) in [6.45, 7) is 3.44. The maximum Gasteiger partial charge on any atom is 0.319 e. The van der Waals surface area contributed by atoms with Crippen molar-refractivity contribution in [2.45, 2.75) is 45.1 Å². The third-order valence-corrected chi connectivity index (χ3v) is 5.28. The van der Waals surface area contributed by atoms with Gasteiger partial charge in [0.15, 0.2) is 0 Å². The number of urea groups is 1. The highest BCUT2D eigenvalue weighted by molar-refractivity contribution is 5.80. The summed E-state index contributed by atoms with van der Waals surface area (Å²) in [5.74, 6) is 0.0679. The van der Waals surface area contributed by atoms with Crippen molar-refractivity contribution in [2.75, 3.05) is 33.8 Å². The van der Waals surface area contributed by atoms with Gasteiger partial charge in [-0.05, 0) is 25.7 Å². The Bertz CT molecular complexity index is 419. The summed E-state index contributed by atoms with van der Waals surface area (Å²) in [4.78, 5) is 27.7. The van der Waals surface area contributed by atoms with E-state index in [9.17, 15) is 14.7 Å². The smallest absolute Gasteiger partial charge is 0.319 e. The first-order valence-corrected chi connectivity index (χ1v) is 8.25. The van der Waals surface area contributed by atoms with Crippen molar-refractivity contribution in [1.82, 2.24) is 15.1 Å². The molecule has 0 radical (unpaired) electrons. The van der Waals surface area contributed by atoms with Gasteiger partial charge in [0.25, 0.3) is 0 Å². The van der Waals surface area contributed by atoms with Gasteiger partial charge in [-0.1, -0.05) is 13.3 Å². The average Bonchev–Trinajstić information content (AvgIpc) is 2.88. The molecule has 1 aliphatic carbocycles. The van der Waals surface area contributed by atoms with Crippen LogP contribution in [0, 0.1) is 11.3 Å². The van der Waals surface area contributed by atoms with Crippen LogP contribution >= 0.6 is 0 Å². The van der Waals surface area contributed by atoms with Crippen LogP contribution in [0.25, 0.3) is 0 Å². The van der Waals surface area contributed by atoms with Crippen LogP contribution in [0.2, 0.25) is 0 Å². The molecular weight excluding hydrogens is 282 g/mol. The third kappa shape index (κ3) is 3.54. The van der Waals surface area contributed by atoms with E-state index in [1.165, 1.54) is 0 Å². The predicted octanol–water partition coefficient (Wildman–Crippen LogP) is 1.05. The zero-order valence-corrected chi connectivity index (χ0v) is 14.0. The summed E-state index contributed by atoms with van der Waals surface area (Å²) >= 11 is 0. The van der Waals surface area contributed by atoms with Crippen molar-refractivity contribution < 1.29 is 14.7 Å². The molecule has 0 aromatic rings. The Labute approximate surface area is 132 Å². The van der Waals surface area contributed by atoms with Crippen LogP contribution in [-0.2, 0) is 4.79 Å². The molecule has 2 aliphatic rings. The Kier molecular flexibility index (Phi) is 5.32. The van der Waals surface area contributed by atoms with Gasteiger partial charge in [-0.2, -0.15) is 0 Å². The van der Waals surface area contributed by atoms with Gasteiger partial charge in [0.05, 0.1) is 6.61 Å². The molecular formula is C16H29N3O3. The second-order valence-electron chi connectivity index (χ2n) is 7.20. The molecule has 126 valence electrons. The number of hydrogen-bond donors (Lipinski definition) is 2. The number of aliphatic hydroxyl groups excluding tert-OH is 1. The van der Waals surface area contributed by atoms with E-state index in [0.29, 0.717) is 25.9 Å². The topological polar surface area (TPSA) is 72.9 Å². The van der Waals surface area contributed by atoms with Crippen molar-refractivity contribution in [3.05, 3.63) is 0 Å². The van der Waals surface area contributed by atoms with Gasteiger partial charge in [-0.25, -0.2) is 4.79 Å². The number of piperidine rings is 1. The molecule has 6 nitrogen and oxygen atoms in total. The number of rotatable bonds is 3. The van der Waals surface area contributed by atoms with Gasteiger partial charge in [0.2, 0.25) is 5.91 Å². The number of nitrogens with one attached hydrogen (secondary N) is 1.